The van der Waals surface area contributed by atoms with E-state index in [1.807, 2.05) is 26.0 Å². The average molecular weight is 534 g/mol. The van der Waals surface area contributed by atoms with E-state index in [2.05, 4.69) is 14.9 Å². The van der Waals surface area contributed by atoms with Crippen molar-refractivity contribution in [2.45, 2.75) is 37.4 Å². The summed E-state index contributed by atoms with van der Waals surface area (Å²) in [4.78, 5) is 0.0667. The molecule has 0 saturated heterocycles. The van der Waals surface area contributed by atoms with Crippen molar-refractivity contribution < 1.29 is 26.3 Å². The van der Waals surface area contributed by atoms with E-state index in [1.54, 1.807) is 24.3 Å². The van der Waals surface area contributed by atoms with Crippen molar-refractivity contribution in [1.29, 1.82) is 0 Å². The van der Waals surface area contributed by atoms with E-state index in [4.69, 9.17) is 4.74 Å². The molecule has 36 heavy (non-hydrogen) atoms. The van der Waals surface area contributed by atoms with Gasteiger partial charge in [0.15, 0.2) is 0 Å². The summed E-state index contributed by atoms with van der Waals surface area (Å²) in [6.07, 6.45) is -4.37. The van der Waals surface area contributed by atoms with Crippen LogP contribution in [0.25, 0.3) is 11.1 Å². The lowest BCUT2D eigenvalue weighted by Gasteiger charge is -2.10. The Hall–Kier alpha value is -3.44. The predicted molar refractivity (Wildman–Crippen MR) is 132 cm³/mol. The second kappa shape index (κ2) is 10.3. The van der Waals surface area contributed by atoms with E-state index in [9.17, 15) is 21.6 Å². The minimum Gasteiger partial charge on any atom is -0.489 e. The molecule has 0 amide bonds. The summed E-state index contributed by atoms with van der Waals surface area (Å²) in [6, 6.07) is 18.3. The number of ether oxygens (including phenoxy) is 1. The van der Waals surface area contributed by atoms with Gasteiger partial charge in [-0.1, -0.05) is 61.6 Å². The predicted octanol–water partition coefficient (Wildman–Crippen LogP) is 6.73. The maximum Gasteiger partial charge on any atom is 0.416 e. The Labute approximate surface area is 210 Å². The summed E-state index contributed by atoms with van der Waals surface area (Å²) < 4.78 is 71.6. The van der Waals surface area contributed by atoms with Crippen LogP contribution in [-0.4, -0.2) is 18.6 Å². The van der Waals surface area contributed by atoms with Crippen molar-refractivity contribution in [2.24, 2.45) is 0 Å². The number of alkyl halides is 3. The molecular formula is C25H22F3N3O3S2. The third-order valence-corrected chi connectivity index (χ3v) is 7.82. The van der Waals surface area contributed by atoms with E-state index in [-0.39, 0.29) is 22.6 Å². The number of sulfonamides is 1. The van der Waals surface area contributed by atoms with Gasteiger partial charge >= 0.3 is 6.18 Å². The second-order valence-corrected chi connectivity index (χ2v) is 10.9. The molecule has 0 fully saturated rings. The lowest BCUT2D eigenvalue weighted by molar-refractivity contribution is -0.137. The Bertz CT molecular complexity index is 1420. The van der Waals surface area contributed by atoms with Crippen LogP contribution in [0.2, 0.25) is 0 Å². The van der Waals surface area contributed by atoms with E-state index >= 15 is 0 Å². The maximum atomic E-state index is 12.7. The lowest BCUT2D eigenvalue weighted by atomic mass is 10.0. The number of nitrogens with one attached hydrogen (secondary N) is 1. The minimum absolute atomic E-state index is 0.0667. The maximum absolute atomic E-state index is 12.7. The fourth-order valence-corrected chi connectivity index (χ4v) is 5.19. The van der Waals surface area contributed by atoms with Crippen LogP contribution in [-0.2, 0) is 22.8 Å². The number of hydrogen-bond donors (Lipinski definition) is 1. The highest BCUT2D eigenvalue weighted by Gasteiger charge is 2.30. The molecule has 3 aromatic carbocycles. The third kappa shape index (κ3) is 6.21. The first kappa shape index (κ1) is 25.6. The number of benzene rings is 3. The van der Waals surface area contributed by atoms with E-state index in [1.165, 1.54) is 35.6 Å². The molecule has 1 heterocycles. The second-order valence-electron chi connectivity index (χ2n) is 8.24. The molecule has 0 radical (unpaired) electrons. The third-order valence-electron chi connectivity index (χ3n) is 5.20. The minimum atomic E-state index is -4.37. The standard InChI is InChI=1S/C25H22F3N3O3S2/c1-16(2)23-29-30-24(35-23)31-36(32,33)22-13-11-21(12-14-22)34-15-17-3-5-18(6-4-17)19-7-9-20(10-8-19)25(26,27)28/h3-14,16H,15H2,1-2H3,(H,30,31). The Balaban J connectivity index is 1.35. The molecule has 188 valence electrons. The Morgan fingerprint density at radius 1 is 0.889 bits per heavy atom. The molecule has 11 heteroatoms. The molecular weight excluding hydrogens is 511 g/mol. The van der Waals surface area contributed by atoms with Crippen LogP contribution in [0, 0.1) is 0 Å². The Morgan fingerprint density at radius 2 is 1.47 bits per heavy atom. The highest BCUT2D eigenvalue weighted by molar-refractivity contribution is 7.93. The summed E-state index contributed by atoms with van der Waals surface area (Å²) >= 11 is 1.19. The number of aromatic nitrogens is 2. The molecule has 0 atom stereocenters. The van der Waals surface area contributed by atoms with Crippen molar-refractivity contribution in [3.05, 3.63) is 88.9 Å². The van der Waals surface area contributed by atoms with Gasteiger partial charge in [-0.3, -0.25) is 4.72 Å². The largest absolute Gasteiger partial charge is 0.489 e. The van der Waals surface area contributed by atoms with Crippen molar-refractivity contribution in [3.8, 4) is 16.9 Å². The van der Waals surface area contributed by atoms with Gasteiger partial charge in [-0.2, -0.15) is 13.2 Å². The molecule has 0 aliphatic carbocycles. The molecule has 0 aliphatic rings. The highest BCUT2D eigenvalue weighted by Crippen LogP contribution is 2.31. The van der Waals surface area contributed by atoms with Crippen LogP contribution < -0.4 is 9.46 Å². The van der Waals surface area contributed by atoms with Gasteiger partial charge in [0.2, 0.25) is 5.13 Å². The zero-order chi connectivity index (χ0) is 25.9. The van der Waals surface area contributed by atoms with Crippen molar-refractivity contribution >= 4 is 26.5 Å². The van der Waals surface area contributed by atoms with Crippen LogP contribution in [0.1, 0.15) is 35.9 Å². The van der Waals surface area contributed by atoms with Crippen LogP contribution in [0.4, 0.5) is 18.3 Å². The number of halogens is 3. The molecule has 0 aliphatic heterocycles. The first-order chi connectivity index (χ1) is 17.0. The van der Waals surface area contributed by atoms with E-state index in [0.717, 1.165) is 28.3 Å². The Kier molecular flexibility index (Phi) is 7.32. The van der Waals surface area contributed by atoms with Crippen LogP contribution in [0.3, 0.4) is 0 Å². The lowest BCUT2D eigenvalue weighted by Crippen LogP contribution is -2.12. The summed E-state index contributed by atoms with van der Waals surface area (Å²) in [5.74, 6) is 0.636. The topological polar surface area (TPSA) is 81.2 Å². The van der Waals surface area contributed by atoms with E-state index in [0.29, 0.717) is 11.3 Å². The molecule has 4 rings (SSSR count). The summed E-state index contributed by atoms with van der Waals surface area (Å²) in [7, 11) is -3.81. The molecule has 6 nitrogen and oxygen atoms in total. The fourth-order valence-electron chi connectivity index (χ4n) is 3.21. The van der Waals surface area contributed by atoms with Crippen molar-refractivity contribution in [1.82, 2.24) is 10.2 Å². The van der Waals surface area contributed by atoms with Gasteiger partial charge < -0.3 is 4.74 Å². The summed E-state index contributed by atoms with van der Waals surface area (Å²) in [5, 5.41) is 8.80. The molecule has 4 aromatic rings. The number of rotatable bonds is 8. The van der Waals surface area contributed by atoms with Crippen molar-refractivity contribution in [3.63, 3.8) is 0 Å². The molecule has 0 saturated carbocycles. The summed E-state index contributed by atoms with van der Waals surface area (Å²) in [5.41, 5.74) is 1.62. The first-order valence-electron chi connectivity index (χ1n) is 10.9. The monoisotopic (exact) mass is 533 g/mol. The Morgan fingerprint density at radius 3 is 2.00 bits per heavy atom. The normalized spacial score (nSPS) is 12.1. The average Bonchev–Trinajstić information content (AvgIpc) is 3.31. The molecule has 0 unspecified atom stereocenters. The van der Waals surface area contributed by atoms with Gasteiger partial charge in [0, 0.05) is 5.92 Å². The number of nitrogens with zero attached hydrogens (tertiary/aromatic N) is 2. The van der Waals surface area contributed by atoms with Crippen LogP contribution in [0.5, 0.6) is 5.75 Å². The zero-order valence-electron chi connectivity index (χ0n) is 19.3. The molecule has 0 bridgehead atoms. The number of hydrogen-bond acceptors (Lipinski definition) is 6. The van der Waals surface area contributed by atoms with Gasteiger partial charge in [0.25, 0.3) is 10.0 Å². The van der Waals surface area contributed by atoms with Gasteiger partial charge in [-0.15, -0.1) is 10.2 Å². The molecule has 1 N–H and O–H groups in total. The molecule has 1 aromatic heterocycles. The van der Waals surface area contributed by atoms with Gasteiger partial charge in [0.1, 0.15) is 17.4 Å². The van der Waals surface area contributed by atoms with Gasteiger partial charge in [0.05, 0.1) is 10.5 Å². The van der Waals surface area contributed by atoms with Crippen LogP contribution in [0.15, 0.2) is 77.7 Å². The number of anilines is 1. The summed E-state index contributed by atoms with van der Waals surface area (Å²) in [6.45, 7) is 4.14. The smallest absolute Gasteiger partial charge is 0.416 e. The van der Waals surface area contributed by atoms with Crippen molar-refractivity contribution in [2.75, 3.05) is 4.72 Å². The quantitative estimate of drug-likeness (QED) is 0.272. The van der Waals surface area contributed by atoms with Gasteiger partial charge in [-0.05, 0) is 53.1 Å². The fraction of sp³-hybridized carbons (Fsp3) is 0.200. The van der Waals surface area contributed by atoms with Crippen LogP contribution >= 0.6 is 11.3 Å². The van der Waals surface area contributed by atoms with Gasteiger partial charge in [-0.25, -0.2) is 8.42 Å². The molecule has 0 spiro atoms. The SMILES string of the molecule is CC(C)c1nnc(NS(=O)(=O)c2ccc(OCc3ccc(-c4ccc(C(F)(F)F)cc4)cc3)cc2)s1. The first-order valence-corrected chi connectivity index (χ1v) is 13.2. The zero-order valence-corrected chi connectivity index (χ0v) is 20.9. The highest BCUT2D eigenvalue weighted by atomic mass is 32.2. The van der Waals surface area contributed by atoms with E-state index < -0.39 is 21.8 Å².